The van der Waals surface area contributed by atoms with E-state index in [0.717, 1.165) is 17.0 Å². The molecule has 3 aromatic rings. The number of fused-ring (bicyclic) bond motifs is 1. The van der Waals surface area contributed by atoms with Crippen molar-refractivity contribution in [3.05, 3.63) is 35.5 Å². The molecule has 4 rings (SSSR count). The number of nitrogens with zero attached hydrogens (tertiary/aromatic N) is 7. The fourth-order valence-electron chi connectivity index (χ4n) is 2.35. The first-order valence-electron chi connectivity index (χ1n) is 7.53. The molecule has 23 heavy (non-hydrogen) atoms. The highest BCUT2D eigenvalue weighted by Gasteiger charge is 2.25. The second kappa shape index (κ2) is 5.41. The minimum Gasteiger partial charge on any atom is -0.460 e. The highest BCUT2D eigenvalue weighted by molar-refractivity contribution is 5.84. The van der Waals surface area contributed by atoms with E-state index < -0.39 is 5.97 Å². The number of rotatable bonds is 5. The third-order valence-corrected chi connectivity index (χ3v) is 3.60. The summed E-state index contributed by atoms with van der Waals surface area (Å²) in [6.45, 7) is 2.31. The molecule has 0 N–H and O–H groups in total. The second-order valence-corrected chi connectivity index (χ2v) is 5.43. The maximum atomic E-state index is 11.5. The molecule has 0 bridgehead atoms. The molecular formula is C14H15N7O2. The van der Waals surface area contributed by atoms with E-state index in [1.165, 1.54) is 17.6 Å². The largest absolute Gasteiger partial charge is 0.460 e. The van der Waals surface area contributed by atoms with Crippen molar-refractivity contribution in [2.75, 3.05) is 6.61 Å². The monoisotopic (exact) mass is 313 g/mol. The Morgan fingerprint density at radius 3 is 3.00 bits per heavy atom. The van der Waals surface area contributed by atoms with Crippen LogP contribution in [0.25, 0.3) is 5.65 Å². The van der Waals surface area contributed by atoms with Gasteiger partial charge in [-0.3, -0.25) is 0 Å². The number of tetrazole rings is 1. The molecule has 118 valence electrons. The summed E-state index contributed by atoms with van der Waals surface area (Å²) in [5, 5.41) is 16.1. The van der Waals surface area contributed by atoms with Gasteiger partial charge in [0.1, 0.15) is 6.54 Å². The van der Waals surface area contributed by atoms with Crippen LogP contribution in [-0.4, -0.2) is 47.4 Å². The first-order chi connectivity index (χ1) is 11.2. The fourth-order valence-corrected chi connectivity index (χ4v) is 2.35. The van der Waals surface area contributed by atoms with Gasteiger partial charge in [0, 0.05) is 5.92 Å². The van der Waals surface area contributed by atoms with Crippen molar-refractivity contribution in [1.82, 2.24) is 34.8 Å². The lowest BCUT2D eigenvalue weighted by Crippen LogP contribution is -2.09. The van der Waals surface area contributed by atoms with Crippen molar-refractivity contribution >= 4 is 11.6 Å². The van der Waals surface area contributed by atoms with Crippen LogP contribution in [0.5, 0.6) is 0 Å². The molecule has 9 nitrogen and oxygen atoms in total. The van der Waals surface area contributed by atoms with Crippen LogP contribution in [-0.2, 0) is 11.3 Å². The summed E-state index contributed by atoms with van der Waals surface area (Å²) >= 11 is 0. The van der Waals surface area contributed by atoms with Crippen LogP contribution in [0, 0.1) is 0 Å². The smallest absolute Gasteiger partial charge is 0.380 e. The Morgan fingerprint density at radius 2 is 2.22 bits per heavy atom. The van der Waals surface area contributed by atoms with Crippen LogP contribution >= 0.6 is 0 Å². The van der Waals surface area contributed by atoms with Gasteiger partial charge in [0.2, 0.25) is 0 Å². The van der Waals surface area contributed by atoms with Crippen LogP contribution in [0.1, 0.15) is 47.7 Å². The fraction of sp³-hybridized carbons (Fsp3) is 0.429. The van der Waals surface area contributed by atoms with E-state index in [0.29, 0.717) is 12.5 Å². The minimum absolute atomic E-state index is 0.0511. The highest BCUT2D eigenvalue weighted by Crippen LogP contribution is 2.38. The molecule has 1 fully saturated rings. The second-order valence-electron chi connectivity index (χ2n) is 5.43. The zero-order valence-electron chi connectivity index (χ0n) is 12.6. The zero-order valence-corrected chi connectivity index (χ0v) is 12.6. The molecule has 0 saturated heterocycles. The number of ether oxygens (including phenoxy) is 1. The molecule has 3 aromatic heterocycles. The summed E-state index contributed by atoms with van der Waals surface area (Å²) in [5.74, 6) is -0.0383. The number of esters is 1. The molecule has 0 radical (unpaired) electrons. The van der Waals surface area contributed by atoms with Gasteiger partial charge in [0.25, 0.3) is 5.82 Å². The van der Waals surface area contributed by atoms with Crippen molar-refractivity contribution in [1.29, 1.82) is 0 Å². The predicted molar refractivity (Wildman–Crippen MR) is 77.8 cm³/mol. The maximum absolute atomic E-state index is 11.5. The Hall–Kier alpha value is -2.84. The SMILES string of the molecule is CCOC(=O)c1nnn(Cc2cn3nc(C4CC4)ccc3n2)n1. The Labute approximate surface area is 131 Å². The van der Waals surface area contributed by atoms with Crippen molar-refractivity contribution < 1.29 is 9.53 Å². The molecule has 3 heterocycles. The topological polar surface area (TPSA) is 100 Å². The Morgan fingerprint density at radius 1 is 1.35 bits per heavy atom. The van der Waals surface area contributed by atoms with E-state index >= 15 is 0 Å². The number of carbonyl (C=O) groups excluding carboxylic acids is 1. The van der Waals surface area contributed by atoms with E-state index in [1.54, 1.807) is 11.4 Å². The lowest BCUT2D eigenvalue weighted by atomic mass is 10.3. The Bertz CT molecular complexity index is 865. The van der Waals surface area contributed by atoms with Crippen LogP contribution in [0.4, 0.5) is 0 Å². The summed E-state index contributed by atoms with van der Waals surface area (Å²) in [7, 11) is 0. The van der Waals surface area contributed by atoms with E-state index in [2.05, 4.69) is 25.5 Å². The zero-order chi connectivity index (χ0) is 15.8. The predicted octanol–water partition coefficient (Wildman–Crippen LogP) is 0.818. The normalized spacial score (nSPS) is 14.3. The van der Waals surface area contributed by atoms with Gasteiger partial charge < -0.3 is 4.74 Å². The average molecular weight is 313 g/mol. The highest BCUT2D eigenvalue weighted by atomic mass is 16.5. The summed E-state index contributed by atoms with van der Waals surface area (Å²) < 4.78 is 6.60. The van der Waals surface area contributed by atoms with E-state index in [1.807, 2.05) is 18.3 Å². The molecule has 1 aliphatic carbocycles. The molecule has 0 aliphatic heterocycles. The minimum atomic E-state index is -0.579. The quantitative estimate of drug-likeness (QED) is 0.643. The van der Waals surface area contributed by atoms with Gasteiger partial charge in [0.05, 0.1) is 24.2 Å². The summed E-state index contributed by atoms with van der Waals surface area (Å²) in [6, 6.07) is 3.99. The standard InChI is InChI=1S/C14H15N7O2/c1-2-23-14(22)13-16-19-21(18-13)8-10-7-20-12(15-10)6-5-11(17-20)9-3-4-9/h5-7,9H,2-4,8H2,1H3. The van der Waals surface area contributed by atoms with Crippen molar-refractivity contribution in [3.8, 4) is 0 Å². The van der Waals surface area contributed by atoms with Crippen LogP contribution < -0.4 is 0 Å². The first kappa shape index (κ1) is 13.8. The van der Waals surface area contributed by atoms with Gasteiger partial charge in [-0.2, -0.15) is 9.90 Å². The molecule has 9 heteroatoms. The third-order valence-electron chi connectivity index (χ3n) is 3.60. The lowest BCUT2D eigenvalue weighted by Gasteiger charge is -1.96. The molecule has 0 unspecified atom stereocenters. The first-order valence-corrected chi connectivity index (χ1v) is 7.53. The number of hydrogen-bond acceptors (Lipinski definition) is 7. The number of hydrogen-bond donors (Lipinski definition) is 0. The molecule has 0 aromatic carbocycles. The van der Waals surface area contributed by atoms with Gasteiger partial charge in [-0.1, -0.05) is 0 Å². The van der Waals surface area contributed by atoms with Crippen molar-refractivity contribution in [3.63, 3.8) is 0 Å². The molecule has 0 atom stereocenters. The molecule has 0 amide bonds. The number of carbonyl (C=O) groups is 1. The number of aromatic nitrogens is 7. The van der Waals surface area contributed by atoms with Gasteiger partial charge in [-0.05, 0) is 37.1 Å². The van der Waals surface area contributed by atoms with Gasteiger partial charge >= 0.3 is 5.97 Å². The van der Waals surface area contributed by atoms with E-state index in [-0.39, 0.29) is 12.4 Å². The van der Waals surface area contributed by atoms with Crippen LogP contribution in [0.15, 0.2) is 18.3 Å². The molecule has 0 spiro atoms. The van der Waals surface area contributed by atoms with Crippen molar-refractivity contribution in [2.24, 2.45) is 0 Å². The van der Waals surface area contributed by atoms with Gasteiger partial charge in [0.15, 0.2) is 5.65 Å². The van der Waals surface area contributed by atoms with Crippen LogP contribution in [0.3, 0.4) is 0 Å². The molecule has 1 saturated carbocycles. The van der Waals surface area contributed by atoms with E-state index in [4.69, 9.17) is 4.74 Å². The Kier molecular flexibility index (Phi) is 3.25. The Balaban J connectivity index is 1.54. The third kappa shape index (κ3) is 2.77. The average Bonchev–Trinajstić information content (AvgIpc) is 3.15. The van der Waals surface area contributed by atoms with Gasteiger partial charge in [-0.15, -0.1) is 10.2 Å². The lowest BCUT2D eigenvalue weighted by molar-refractivity contribution is 0.0511. The van der Waals surface area contributed by atoms with Crippen LogP contribution in [0.2, 0.25) is 0 Å². The number of imidazole rings is 1. The summed E-state index contributed by atoms with van der Waals surface area (Å²) in [5.41, 5.74) is 2.62. The van der Waals surface area contributed by atoms with E-state index in [9.17, 15) is 4.79 Å². The maximum Gasteiger partial charge on any atom is 0.380 e. The van der Waals surface area contributed by atoms with Crippen molar-refractivity contribution in [2.45, 2.75) is 32.2 Å². The van der Waals surface area contributed by atoms with Gasteiger partial charge in [-0.25, -0.2) is 14.3 Å². The molecule has 1 aliphatic rings. The molecular weight excluding hydrogens is 298 g/mol. The summed E-state index contributed by atoms with van der Waals surface area (Å²) in [4.78, 5) is 17.3. The summed E-state index contributed by atoms with van der Waals surface area (Å²) in [6.07, 6.45) is 4.26.